The summed E-state index contributed by atoms with van der Waals surface area (Å²) >= 11 is 0. The molecule has 2 fully saturated rings. The highest BCUT2D eigenvalue weighted by molar-refractivity contribution is 5.96. The van der Waals surface area contributed by atoms with Gasteiger partial charge in [-0.3, -0.25) is 19.3 Å². The van der Waals surface area contributed by atoms with E-state index in [1.807, 2.05) is 42.8 Å². The summed E-state index contributed by atoms with van der Waals surface area (Å²) in [6, 6.07) is 11.8. The number of carbonyl (C=O) groups is 2. The van der Waals surface area contributed by atoms with E-state index in [9.17, 15) is 14.4 Å². The lowest BCUT2D eigenvalue weighted by Gasteiger charge is -2.46. The summed E-state index contributed by atoms with van der Waals surface area (Å²) in [4.78, 5) is 39.0. The Labute approximate surface area is 188 Å². The summed E-state index contributed by atoms with van der Waals surface area (Å²) in [5, 5.41) is 5.70. The monoisotopic (exact) mass is 436 g/mol. The third-order valence-electron chi connectivity index (χ3n) is 6.63. The lowest BCUT2D eigenvalue weighted by Crippen LogP contribution is -2.63. The minimum absolute atomic E-state index is 0.0143. The number of hydrogen-bond acceptors (Lipinski definition) is 4. The van der Waals surface area contributed by atoms with Gasteiger partial charge in [0.2, 0.25) is 5.91 Å². The van der Waals surface area contributed by atoms with E-state index in [0.717, 1.165) is 49.9 Å². The molecule has 2 aliphatic rings. The second-order valence-electron chi connectivity index (χ2n) is 9.18. The van der Waals surface area contributed by atoms with Gasteiger partial charge in [0.15, 0.2) is 0 Å². The molecule has 2 amide bonds. The Bertz CT molecular complexity index is 1030. The van der Waals surface area contributed by atoms with Crippen LogP contribution in [0.3, 0.4) is 0 Å². The predicted molar refractivity (Wildman–Crippen MR) is 124 cm³/mol. The van der Waals surface area contributed by atoms with Crippen LogP contribution in [0.1, 0.15) is 53.2 Å². The van der Waals surface area contributed by atoms with Gasteiger partial charge in [-0.15, -0.1) is 0 Å². The van der Waals surface area contributed by atoms with Crippen LogP contribution in [0.15, 0.2) is 47.4 Å². The van der Waals surface area contributed by atoms with Crippen LogP contribution in [-0.4, -0.2) is 53.0 Å². The molecule has 1 aliphatic heterocycles. The summed E-state index contributed by atoms with van der Waals surface area (Å²) in [7, 11) is 0. The number of aryl methyl sites for hydroxylation is 2. The Hall–Kier alpha value is -2.93. The molecule has 4 rings (SSSR count). The first-order chi connectivity index (χ1) is 15.4. The number of nitrogens with zero attached hydrogens (tertiary/aromatic N) is 2. The molecule has 2 heterocycles. The third kappa shape index (κ3) is 5.27. The first kappa shape index (κ1) is 22.3. The van der Waals surface area contributed by atoms with Crippen molar-refractivity contribution >= 4 is 11.8 Å². The Balaban J connectivity index is 1.16. The predicted octanol–water partition coefficient (Wildman–Crippen LogP) is 2.18. The quantitative estimate of drug-likeness (QED) is 0.727. The van der Waals surface area contributed by atoms with Crippen LogP contribution in [0.25, 0.3) is 0 Å². The van der Waals surface area contributed by atoms with Crippen LogP contribution in [0, 0.1) is 13.8 Å². The molecule has 1 aliphatic carbocycles. The average Bonchev–Trinajstić information content (AvgIpc) is 2.76. The van der Waals surface area contributed by atoms with E-state index in [1.165, 1.54) is 0 Å². The van der Waals surface area contributed by atoms with Gasteiger partial charge in [-0.2, -0.15) is 0 Å². The fourth-order valence-corrected chi connectivity index (χ4v) is 4.83. The molecule has 0 atom stereocenters. The number of hydrogen-bond donors (Lipinski definition) is 2. The Morgan fingerprint density at radius 2 is 1.69 bits per heavy atom. The molecule has 0 bridgehead atoms. The highest BCUT2D eigenvalue weighted by Gasteiger charge is 2.35. The van der Waals surface area contributed by atoms with Gasteiger partial charge in [0, 0.05) is 43.0 Å². The van der Waals surface area contributed by atoms with E-state index >= 15 is 0 Å². The Kier molecular flexibility index (Phi) is 6.74. The summed E-state index contributed by atoms with van der Waals surface area (Å²) in [6.07, 6.45) is 6.12. The molecule has 0 unspecified atom stereocenters. The van der Waals surface area contributed by atoms with Crippen molar-refractivity contribution in [3.8, 4) is 0 Å². The molecule has 1 aromatic heterocycles. The first-order valence-corrected chi connectivity index (χ1v) is 11.5. The summed E-state index contributed by atoms with van der Waals surface area (Å²) in [5.74, 6) is -0.387. The van der Waals surface area contributed by atoms with Gasteiger partial charge in [0.05, 0.1) is 12.6 Å². The van der Waals surface area contributed by atoms with E-state index < -0.39 is 0 Å². The number of aromatic nitrogens is 1. The molecule has 32 heavy (non-hydrogen) atoms. The lowest BCUT2D eigenvalue weighted by atomic mass is 9.87. The maximum Gasteiger partial charge on any atom is 0.251 e. The molecule has 1 aromatic carbocycles. The van der Waals surface area contributed by atoms with Gasteiger partial charge in [0.25, 0.3) is 11.5 Å². The zero-order chi connectivity index (χ0) is 22.7. The number of pyridine rings is 1. The number of likely N-dealkylation sites (tertiary alicyclic amines) is 1. The van der Waals surface area contributed by atoms with Crippen molar-refractivity contribution in [2.75, 3.05) is 19.6 Å². The number of rotatable bonds is 6. The van der Waals surface area contributed by atoms with Crippen molar-refractivity contribution < 1.29 is 9.59 Å². The molecule has 0 spiro atoms. The summed E-state index contributed by atoms with van der Waals surface area (Å²) < 4.78 is 1.90. The molecule has 1 saturated heterocycles. The number of amides is 2. The van der Waals surface area contributed by atoms with Crippen molar-refractivity contribution in [1.82, 2.24) is 20.1 Å². The van der Waals surface area contributed by atoms with Crippen LogP contribution >= 0.6 is 0 Å². The highest BCUT2D eigenvalue weighted by Crippen LogP contribution is 2.32. The van der Waals surface area contributed by atoms with Gasteiger partial charge in [0.1, 0.15) is 0 Å². The van der Waals surface area contributed by atoms with E-state index in [2.05, 4.69) is 15.5 Å². The minimum Gasteiger partial charge on any atom is -0.349 e. The van der Waals surface area contributed by atoms with Crippen LogP contribution in [-0.2, 0) is 4.79 Å². The van der Waals surface area contributed by atoms with Crippen LogP contribution in [0.4, 0.5) is 0 Å². The smallest absolute Gasteiger partial charge is 0.251 e. The van der Waals surface area contributed by atoms with Gasteiger partial charge in [-0.1, -0.05) is 23.8 Å². The highest BCUT2D eigenvalue weighted by atomic mass is 16.2. The van der Waals surface area contributed by atoms with E-state index in [-0.39, 0.29) is 36.0 Å². The largest absolute Gasteiger partial charge is 0.349 e. The topological polar surface area (TPSA) is 83.4 Å². The van der Waals surface area contributed by atoms with Crippen molar-refractivity contribution in [3.63, 3.8) is 0 Å². The van der Waals surface area contributed by atoms with Gasteiger partial charge < -0.3 is 15.2 Å². The second kappa shape index (κ2) is 9.69. The molecule has 170 valence electrons. The lowest BCUT2D eigenvalue weighted by molar-refractivity contribution is -0.122. The van der Waals surface area contributed by atoms with Crippen LogP contribution in [0.2, 0.25) is 0 Å². The summed E-state index contributed by atoms with van der Waals surface area (Å²) in [5.41, 5.74) is 2.77. The van der Waals surface area contributed by atoms with E-state index in [4.69, 9.17) is 0 Å². The fraction of sp³-hybridized carbons (Fsp3) is 0.480. The first-order valence-electron chi connectivity index (χ1n) is 11.5. The number of nitrogens with one attached hydrogen (secondary N) is 2. The van der Waals surface area contributed by atoms with Gasteiger partial charge in [-0.25, -0.2) is 0 Å². The fourth-order valence-electron chi connectivity index (χ4n) is 4.83. The van der Waals surface area contributed by atoms with Crippen molar-refractivity contribution in [2.45, 2.75) is 57.7 Å². The molecule has 2 N–H and O–H groups in total. The summed E-state index contributed by atoms with van der Waals surface area (Å²) in [6.45, 7) is 5.62. The van der Waals surface area contributed by atoms with Crippen molar-refractivity contribution in [3.05, 3.63) is 69.6 Å². The van der Waals surface area contributed by atoms with Crippen LogP contribution in [0.5, 0.6) is 0 Å². The Morgan fingerprint density at radius 1 is 0.969 bits per heavy atom. The van der Waals surface area contributed by atoms with E-state index in [1.54, 1.807) is 18.2 Å². The maximum absolute atomic E-state index is 12.2. The van der Waals surface area contributed by atoms with E-state index in [0.29, 0.717) is 11.6 Å². The molecule has 1 saturated carbocycles. The molecule has 0 radical (unpaired) electrons. The molecular weight excluding hydrogens is 404 g/mol. The van der Waals surface area contributed by atoms with Gasteiger partial charge in [-0.05, 0) is 57.2 Å². The molecule has 7 nitrogen and oxygen atoms in total. The normalized spacial score (nSPS) is 21.6. The van der Waals surface area contributed by atoms with Crippen LogP contribution < -0.4 is 16.2 Å². The Morgan fingerprint density at radius 3 is 2.41 bits per heavy atom. The second-order valence-corrected chi connectivity index (χ2v) is 9.18. The third-order valence-corrected chi connectivity index (χ3v) is 6.63. The SMILES string of the molecule is Cc1cccc(C(=O)NCC(=O)NC2CN(C3CCC(n4cc(C)ccc4=O)CC3)C2)c1. The zero-order valence-corrected chi connectivity index (χ0v) is 18.8. The number of benzene rings is 1. The zero-order valence-electron chi connectivity index (χ0n) is 18.8. The molecule has 2 aromatic rings. The van der Waals surface area contributed by atoms with Crippen molar-refractivity contribution in [2.24, 2.45) is 0 Å². The standard InChI is InChI=1S/C25H32N4O3/c1-17-4-3-5-19(12-17)25(32)26-13-23(30)27-20-15-28(16-20)21-7-9-22(10-8-21)29-14-18(2)6-11-24(29)31/h3-6,11-12,14,20-22H,7-10,13,15-16H2,1-2H3,(H,26,32)(H,27,30). The molecule has 7 heteroatoms. The molecular formula is C25H32N4O3. The minimum atomic E-state index is -0.233. The average molecular weight is 437 g/mol. The maximum atomic E-state index is 12.2. The van der Waals surface area contributed by atoms with Gasteiger partial charge >= 0.3 is 0 Å². The number of carbonyl (C=O) groups excluding carboxylic acids is 2. The van der Waals surface area contributed by atoms with Crippen molar-refractivity contribution in [1.29, 1.82) is 0 Å².